The van der Waals surface area contributed by atoms with E-state index in [-0.39, 0.29) is 24.0 Å². The first-order valence-corrected chi connectivity index (χ1v) is 8.40. The first kappa shape index (κ1) is 19.3. The van der Waals surface area contributed by atoms with Gasteiger partial charge in [0, 0.05) is 24.8 Å². The SMILES string of the molecule is CN=C(NCCCc1ccccc1)NCc1cc2ccccc2[nH]1.I. The number of aromatic nitrogens is 1. The molecule has 0 spiro atoms. The van der Waals surface area contributed by atoms with Crippen LogP contribution in [0.5, 0.6) is 0 Å². The molecule has 0 saturated carbocycles. The predicted octanol–water partition coefficient (Wildman–Crippen LogP) is 4.08. The fourth-order valence-corrected chi connectivity index (χ4v) is 2.77. The van der Waals surface area contributed by atoms with E-state index in [0.717, 1.165) is 37.6 Å². The van der Waals surface area contributed by atoms with E-state index in [1.54, 1.807) is 7.05 Å². The molecule has 0 aliphatic carbocycles. The zero-order chi connectivity index (χ0) is 16.6. The van der Waals surface area contributed by atoms with Crippen LogP contribution < -0.4 is 10.6 Å². The van der Waals surface area contributed by atoms with Crippen LogP contribution in [0.4, 0.5) is 0 Å². The lowest BCUT2D eigenvalue weighted by Crippen LogP contribution is -2.37. The quantitative estimate of drug-likeness (QED) is 0.230. The van der Waals surface area contributed by atoms with Crippen molar-refractivity contribution >= 4 is 40.8 Å². The summed E-state index contributed by atoms with van der Waals surface area (Å²) in [5.41, 5.74) is 3.70. The highest BCUT2D eigenvalue weighted by atomic mass is 127. The van der Waals surface area contributed by atoms with Crippen molar-refractivity contribution in [2.45, 2.75) is 19.4 Å². The second-order valence-electron chi connectivity index (χ2n) is 5.82. The number of halogens is 1. The van der Waals surface area contributed by atoms with E-state index in [0.29, 0.717) is 0 Å². The third kappa shape index (κ3) is 5.77. The second-order valence-corrected chi connectivity index (χ2v) is 5.82. The van der Waals surface area contributed by atoms with Crippen LogP contribution in [0.3, 0.4) is 0 Å². The summed E-state index contributed by atoms with van der Waals surface area (Å²) in [6, 6.07) is 21.0. The summed E-state index contributed by atoms with van der Waals surface area (Å²) in [6.45, 7) is 1.63. The lowest BCUT2D eigenvalue weighted by Gasteiger charge is -2.11. The molecular formula is C20H25IN4. The minimum absolute atomic E-state index is 0. The Bertz CT molecular complexity index is 763. The first-order valence-electron chi connectivity index (χ1n) is 8.40. The molecule has 25 heavy (non-hydrogen) atoms. The summed E-state index contributed by atoms with van der Waals surface area (Å²) in [4.78, 5) is 7.70. The summed E-state index contributed by atoms with van der Waals surface area (Å²) in [5.74, 6) is 0.835. The minimum Gasteiger partial charge on any atom is -0.357 e. The Hall–Kier alpha value is -2.02. The van der Waals surface area contributed by atoms with Crippen LogP contribution in [-0.4, -0.2) is 24.5 Å². The van der Waals surface area contributed by atoms with Crippen LogP contribution in [0, 0.1) is 0 Å². The van der Waals surface area contributed by atoms with Gasteiger partial charge in [-0.1, -0.05) is 48.5 Å². The molecule has 0 unspecified atom stereocenters. The average Bonchev–Trinajstić information content (AvgIpc) is 3.05. The Kier molecular flexibility index (Phi) is 7.78. The number of rotatable bonds is 6. The maximum Gasteiger partial charge on any atom is 0.191 e. The van der Waals surface area contributed by atoms with Gasteiger partial charge in [0.25, 0.3) is 0 Å². The smallest absolute Gasteiger partial charge is 0.191 e. The third-order valence-electron chi connectivity index (χ3n) is 4.03. The summed E-state index contributed by atoms with van der Waals surface area (Å²) in [6.07, 6.45) is 2.16. The Morgan fingerprint density at radius 3 is 2.52 bits per heavy atom. The maximum absolute atomic E-state index is 4.28. The van der Waals surface area contributed by atoms with Crippen molar-refractivity contribution in [1.82, 2.24) is 15.6 Å². The molecule has 0 aliphatic rings. The molecule has 3 aromatic rings. The highest BCUT2D eigenvalue weighted by Gasteiger charge is 2.02. The van der Waals surface area contributed by atoms with E-state index in [1.807, 2.05) is 6.07 Å². The Morgan fingerprint density at radius 2 is 1.76 bits per heavy atom. The number of aromatic amines is 1. The first-order chi connectivity index (χ1) is 11.8. The van der Waals surface area contributed by atoms with Gasteiger partial charge in [-0.05, 0) is 35.9 Å². The molecule has 0 amide bonds. The lowest BCUT2D eigenvalue weighted by molar-refractivity contribution is 0.739. The van der Waals surface area contributed by atoms with Crippen molar-refractivity contribution in [3.8, 4) is 0 Å². The van der Waals surface area contributed by atoms with Gasteiger partial charge in [0.1, 0.15) is 0 Å². The molecule has 0 fully saturated rings. The van der Waals surface area contributed by atoms with Crippen LogP contribution in [0.15, 0.2) is 65.7 Å². The van der Waals surface area contributed by atoms with Crippen molar-refractivity contribution in [3.63, 3.8) is 0 Å². The van der Waals surface area contributed by atoms with E-state index in [9.17, 15) is 0 Å². The summed E-state index contributed by atoms with van der Waals surface area (Å²) >= 11 is 0. The molecular weight excluding hydrogens is 423 g/mol. The average molecular weight is 448 g/mol. The molecule has 0 bridgehead atoms. The van der Waals surface area contributed by atoms with E-state index < -0.39 is 0 Å². The molecule has 1 heterocycles. The maximum atomic E-state index is 4.28. The number of benzene rings is 2. The molecule has 0 saturated heterocycles. The van der Waals surface area contributed by atoms with Gasteiger partial charge in [-0.2, -0.15) is 0 Å². The number of hydrogen-bond acceptors (Lipinski definition) is 1. The van der Waals surface area contributed by atoms with Gasteiger partial charge in [0.15, 0.2) is 5.96 Å². The summed E-state index contributed by atoms with van der Waals surface area (Å²) in [5, 5.41) is 7.96. The van der Waals surface area contributed by atoms with Gasteiger partial charge in [-0.3, -0.25) is 4.99 Å². The van der Waals surface area contributed by atoms with E-state index in [2.05, 4.69) is 75.2 Å². The number of aliphatic imine (C=N–C) groups is 1. The van der Waals surface area contributed by atoms with Crippen LogP contribution in [-0.2, 0) is 13.0 Å². The molecule has 3 N–H and O–H groups in total. The molecule has 1 aromatic heterocycles. The number of H-pyrrole nitrogens is 1. The highest BCUT2D eigenvalue weighted by Crippen LogP contribution is 2.14. The Morgan fingerprint density at radius 1 is 1.00 bits per heavy atom. The number of fused-ring (bicyclic) bond motifs is 1. The fourth-order valence-electron chi connectivity index (χ4n) is 2.77. The molecule has 4 nitrogen and oxygen atoms in total. The Balaban J connectivity index is 0.00000225. The number of guanidine groups is 1. The van der Waals surface area contributed by atoms with Gasteiger partial charge in [0.05, 0.1) is 6.54 Å². The van der Waals surface area contributed by atoms with Gasteiger partial charge < -0.3 is 15.6 Å². The number of nitrogens with zero attached hydrogens (tertiary/aromatic N) is 1. The van der Waals surface area contributed by atoms with E-state index in [4.69, 9.17) is 0 Å². The zero-order valence-corrected chi connectivity index (χ0v) is 16.8. The molecule has 3 rings (SSSR count). The molecule has 0 aliphatic heterocycles. The third-order valence-corrected chi connectivity index (χ3v) is 4.03. The molecule has 2 aromatic carbocycles. The van der Waals surface area contributed by atoms with E-state index >= 15 is 0 Å². The largest absolute Gasteiger partial charge is 0.357 e. The van der Waals surface area contributed by atoms with Crippen molar-refractivity contribution in [1.29, 1.82) is 0 Å². The van der Waals surface area contributed by atoms with Gasteiger partial charge in [-0.15, -0.1) is 24.0 Å². The number of para-hydroxylation sites is 1. The second kappa shape index (κ2) is 10.1. The van der Waals surface area contributed by atoms with E-state index in [1.165, 1.54) is 16.5 Å². The van der Waals surface area contributed by atoms with Crippen LogP contribution in [0.2, 0.25) is 0 Å². The number of aryl methyl sites for hydroxylation is 1. The standard InChI is InChI=1S/C20H24N4.HI/c1-21-20(22-13-7-10-16-8-3-2-4-9-16)23-15-18-14-17-11-5-6-12-19(17)24-18;/h2-6,8-9,11-12,14,24H,7,10,13,15H2,1H3,(H2,21,22,23);1H. The van der Waals surface area contributed by atoms with Crippen molar-refractivity contribution in [2.24, 2.45) is 4.99 Å². The van der Waals surface area contributed by atoms with Crippen molar-refractivity contribution in [2.75, 3.05) is 13.6 Å². The van der Waals surface area contributed by atoms with Gasteiger partial charge >= 0.3 is 0 Å². The van der Waals surface area contributed by atoms with Crippen molar-refractivity contribution in [3.05, 3.63) is 71.9 Å². The molecule has 0 radical (unpaired) electrons. The zero-order valence-electron chi connectivity index (χ0n) is 14.5. The number of nitrogens with one attached hydrogen (secondary N) is 3. The molecule has 0 atom stereocenters. The summed E-state index contributed by atoms with van der Waals surface area (Å²) < 4.78 is 0. The normalized spacial score (nSPS) is 11.2. The lowest BCUT2D eigenvalue weighted by atomic mass is 10.1. The fraction of sp³-hybridized carbons (Fsp3) is 0.250. The molecule has 5 heteroatoms. The van der Waals surface area contributed by atoms with Crippen LogP contribution >= 0.6 is 24.0 Å². The monoisotopic (exact) mass is 448 g/mol. The highest BCUT2D eigenvalue weighted by molar-refractivity contribution is 14.0. The van der Waals surface area contributed by atoms with Crippen molar-refractivity contribution < 1.29 is 0 Å². The minimum atomic E-state index is 0. The molecule has 132 valence electrons. The van der Waals surface area contributed by atoms with Crippen LogP contribution in [0.25, 0.3) is 10.9 Å². The predicted molar refractivity (Wildman–Crippen MR) is 117 cm³/mol. The summed E-state index contributed by atoms with van der Waals surface area (Å²) in [7, 11) is 1.80. The topological polar surface area (TPSA) is 52.2 Å². The van der Waals surface area contributed by atoms with Gasteiger partial charge in [0.2, 0.25) is 0 Å². The Labute approximate surface area is 166 Å². The van der Waals surface area contributed by atoms with Gasteiger partial charge in [-0.25, -0.2) is 0 Å². The number of hydrogen-bond donors (Lipinski definition) is 3. The van der Waals surface area contributed by atoms with Crippen LogP contribution in [0.1, 0.15) is 17.7 Å².